The van der Waals surface area contributed by atoms with Gasteiger partial charge in [0, 0.05) is 12.6 Å². The quantitative estimate of drug-likeness (QED) is 0.544. The van der Waals surface area contributed by atoms with Crippen LogP contribution in [0.25, 0.3) is 0 Å². The third kappa shape index (κ3) is 2.38. The summed E-state index contributed by atoms with van der Waals surface area (Å²) in [7, 11) is 0. The Morgan fingerprint density at radius 2 is 2.27 bits per heavy atom. The van der Waals surface area contributed by atoms with Gasteiger partial charge in [0.15, 0.2) is 0 Å². The van der Waals surface area contributed by atoms with Crippen molar-refractivity contribution >= 4 is 11.6 Å². The Hall–Kier alpha value is -1.76. The van der Waals surface area contributed by atoms with E-state index < -0.39 is 4.92 Å². The molecule has 1 aliphatic rings. The van der Waals surface area contributed by atoms with Crippen molar-refractivity contribution in [1.82, 2.24) is 15.3 Å². The summed E-state index contributed by atoms with van der Waals surface area (Å²) in [6, 6.07) is 0.312. The molecule has 1 aliphatic heterocycles. The Morgan fingerprint density at radius 1 is 1.53 bits per heavy atom. The van der Waals surface area contributed by atoms with Crippen LogP contribution in [0.4, 0.5) is 11.6 Å². The molecule has 7 nitrogen and oxygen atoms in total. The molecular formula is C8H11N5O2. The molecule has 1 atom stereocenters. The molecule has 2 heterocycles. The standard InChI is InChI=1S/C8H11N5O2/c14-13(15)7-4-10-8(11-5-7)12-6-1-2-9-3-6/h4-6,9H,1-3H2,(H,10,11,12). The van der Waals surface area contributed by atoms with Crippen LogP contribution >= 0.6 is 0 Å². The Labute approximate surface area is 86.1 Å². The predicted molar refractivity (Wildman–Crippen MR) is 53.6 cm³/mol. The maximum Gasteiger partial charge on any atom is 0.305 e. The van der Waals surface area contributed by atoms with Crippen molar-refractivity contribution in [2.75, 3.05) is 18.4 Å². The Morgan fingerprint density at radius 3 is 2.80 bits per heavy atom. The largest absolute Gasteiger partial charge is 0.350 e. The second kappa shape index (κ2) is 4.18. The molecule has 0 spiro atoms. The number of nitrogens with zero attached hydrogens (tertiary/aromatic N) is 3. The SMILES string of the molecule is O=[N+]([O-])c1cnc(NC2CCNC2)nc1. The van der Waals surface area contributed by atoms with E-state index >= 15 is 0 Å². The van der Waals surface area contributed by atoms with Gasteiger partial charge in [-0.3, -0.25) is 10.1 Å². The number of rotatable bonds is 3. The van der Waals surface area contributed by atoms with E-state index in [0.717, 1.165) is 19.5 Å². The highest BCUT2D eigenvalue weighted by Crippen LogP contribution is 2.10. The molecule has 1 unspecified atom stereocenters. The average molecular weight is 209 g/mol. The van der Waals surface area contributed by atoms with Crippen LogP contribution in [-0.4, -0.2) is 34.0 Å². The summed E-state index contributed by atoms with van der Waals surface area (Å²) >= 11 is 0. The van der Waals surface area contributed by atoms with E-state index in [9.17, 15) is 10.1 Å². The first-order valence-electron chi connectivity index (χ1n) is 4.69. The molecule has 2 rings (SSSR count). The molecule has 1 fully saturated rings. The van der Waals surface area contributed by atoms with Gasteiger partial charge in [-0.15, -0.1) is 0 Å². The maximum absolute atomic E-state index is 10.4. The number of hydrogen-bond acceptors (Lipinski definition) is 6. The lowest BCUT2D eigenvalue weighted by molar-refractivity contribution is -0.385. The van der Waals surface area contributed by atoms with Gasteiger partial charge in [-0.05, 0) is 13.0 Å². The zero-order chi connectivity index (χ0) is 10.7. The molecule has 0 radical (unpaired) electrons. The first-order valence-corrected chi connectivity index (χ1v) is 4.69. The molecule has 2 N–H and O–H groups in total. The smallest absolute Gasteiger partial charge is 0.305 e. The van der Waals surface area contributed by atoms with Crippen LogP contribution in [0.5, 0.6) is 0 Å². The summed E-state index contributed by atoms with van der Waals surface area (Å²) in [6.45, 7) is 1.85. The number of aromatic nitrogens is 2. The molecule has 0 aromatic carbocycles. The predicted octanol–water partition coefficient (Wildman–Crippen LogP) is 0.159. The minimum atomic E-state index is -0.513. The fourth-order valence-corrected chi connectivity index (χ4v) is 1.45. The monoisotopic (exact) mass is 209 g/mol. The third-order valence-electron chi connectivity index (χ3n) is 2.24. The van der Waals surface area contributed by atoms with Crippen molar-refractivity contribution in [1.29, 1.82) is 0 Å². The third-order valence-corrected chi connectivity index (χ3v) is 2.24. The number of anilines is 1. The summed E-state index contributed by atoms with van der Waals surface area (Å²) in [6.07, 6.45) is 3.43. The molecule has 0 amide bonds. The van der Waals surface area contributed by atoms with Crippen molar-refractivity contribution in [2.24, 2.45) is 0 Å². The van der Waals surface area contributed by atoms with Crippen molar-refractivity contribution in [3.8, 4) is 0 Å². The zero-order valence-electron chi connectivity index (χ0n) is 8.01. The molecule has 80 valence electrons. The summed E-state index contributed by atoms with van der Waals surface area (Å²) < 4.78 is 0. The first-order chi connectivity index (χ1) is 7.25. The van der Waals surface area contributed by atoms with E-state index in [4.69, 9.17) is 0 Å². The molecule has 15 heavy (non-hydrogen) atoms. The lowest BCUT2D eigenvalue weighted by Crippen LogP contribution is -2.23. The van der Waals surface area contributed by atoms with Gasteiger partial charge >= 0.3 is 5.69 Å². The van der Waals surface area contributed by atoms with E-state index in [1.807, 2.05) is 0 Å². The Bertz CT molecular complexity index is 347. The summed E-state index contributed by atoms with van der Waals surface area (Å²) in [5.74, 6) is 0.439. The molecule has 0 aliphatic carbocycles. The highest BCUT2D eigenvalue weighted by atomic mass is 16.6. The van der Waals surface area contributed by atoms with E-state index in [-0.39, 0.29) is 5.69 Å². The second-order valence-corrected chi connectivity index (χ2v) is 3.36. The number of hydrogen-bond donors (Lipinski definition) is 2. The molecule has 1 aromatic heterocycles. The number of nitro groups is 1. The van der Waals surface area contributed by atoms with Gasteiger partial charge in [-0.2, -0.15) is 0 Å². The maximum atomic E-state index is 10.4. The summed E-state index contributed by atoms with van der Waals surface area (Å²) in [4.78, 5) is 17.6. The van der Waals surface area contributed by atoms with Gasteiger partial charge in [0.05, 0.1) is 4.92 Å². The van der Waals surface area contributed by atoms with E-state index in [1.54, 1.807) is 0 Å². The van der Waals surface area contributed by atoms with Gasteiger partial charge in [-0.25, -0.2) is 9.97 Å². The lowest BCUT2D eigenvalue weighted by atomic mass is 10.3. The van der Waals surface area contributed by atoms with Crippen molar-refractivity contribution in [2.45, 2.75) is 12.5 Å². The zero-order valence-corrected chi connectivity index (χ0v) is 8.01. The Kier molecular flexibility index (Phi) is 2.72. The van der Waals surface area contributed by atoms with E-state index in [2.05, 4.69) is 20.6 Å². The van der Waals surface area contributed by atoms with Crippen LogP contribution in [0.2, 0.25) is 0 Å². The molecule has 0 saturated carbocycles. The van der Waals surface area contributed by atoms with Crippen LogP contribution in [0.15, 0.2) is 12.4 Å². The topological polar surface area (TPSA) is 93.0 Å². The van der Waals surface area contributed by atoms with E-state index in [0.29, 0.717) is 12.0 Å². The molecular weight excluding hydrogens is 198 g/mol. The van der Waals surface area contributed by atoms with Gasteiger partial charge in [0.1, 0.15) is 12.4 Å². The Balaban J connectivity index is 2.00. The van der Waals surface area contributed by atoms with Crippen LogP contribution < -0.4 is 10.6 Å². The summed E-state index contributed by atoms with van der Waals surface area (Å²) in [5.41, 5.74) is -0.0925. The molecule has 7 heteroatoms. The minimum Gasteiger partial charge on any atom is -0.350 e. The summed E-state index contributed by atoms with van der Waals surface area (Å²) in [5, 5.41) is 16.6. The lowest BCUT2D eigenvalue weighted by Gasteiger charge is -2.09. The molecule has 0 bridgehead atoms. The van der Waals surface area contributed by atoms with Crippen molar-refractivity contribution in [3.63, 3.8) is 0 Å². The fourth-order valence-electron chi connectivity index (χ4n) is 1.45. The highest BCUT2D eigenvalue weighted by Gasteiger charge is 2.15. The van der Waals surface area contributed by atoms with Gasteiger partial charge in [0.2, 0.25) is 5.95 Å². The molecule has 1 aromatic rings. The highest BCUT2D eigenvalue weighted by molar-refractivity contribution is 5.31. The molecule has 1 saturated heterocycles. The van der Waals surface area contributed by atoms with Gasteiger partial charge < -0.3 is 10.6 Å². The minimum absolute atomic E-state index is 0.0925. The van der Waals surface area contributed by atoms with Crippen molar-refractivity contribution < 1.29 is 4.92 Å². The second-order valence-electron chi connectivity index (χ2n) is 3.36. The number of nitrogens with one attached hydrogen (secondary N) is 2. The first kappa shape index (κ1) is 9.78. The fraction of sp³-hybridized carbons (Fsp3) is 0.500. The van der Waals surface area contributed by atoms with Crippen molar-refractivity contribution in [3.05, 3.63) is 22.5 Å². The normalized spacial score (nSPS) is 20.1. The van der Waals surface area contributed by atoms with Crippen LogP contribution in [-0.2, 0) is 0 Å². The van der Waals surface area contributed by atoms with Crippen LogP contribution in [0.3, 0.4) is 0 Å². The van der Waals surface area contributed by atoms with Crippen LogP contribution in [0, 0.1) is 10.1 Å². The average Bonchev–Trinajstić information content (AvgIpc) is 2.71. The van der Waals surface area contributed by atoms with E-state index in [1.165, 1.54) is 12.4 Å². The van der Waals surface area contributed by atoms with Gasteiger partial charge in [0.25, 0.3) is 0 Å². The van der Waals surface area contributed by atoms with Crippen LogP contribution in [0.1, 0.15) is 6.42 Å². The van der Waals surface area contributed by atoms with Gasteiger partial charge in [-0.1, -0.05) is 0 Å².